The van der Waals surface area contributed by atoms with Crippen molar-refractivity contribution in [2.75, 3.05) is 6.79 Å². The van der Waals surface area contributed by atoms with Crippen molar-refractivity contribution in [1.29, 1.82) is 5.26 Å². The monoisotopic (exact) mass is 351 g/mol. The highest BCUT2D eigenvalue weighted by molar-refractivity contribution is 5.57. The Kier molecular flexibility index (Phi) is 3.62. The predicted molar refractivity (Wildman–Crippen MR) is 93.0 cm³/mol. The van der Waals surface area contributed by atoms with Gasteiger partial charge in [0.1, 0.15) is 17.4 Å². The van der Waals surface area contributed by atoms with Crippen molar-refractivity contribution in [1.82, 2.24) is 4.57 Å². The van der Waals surface area contributed by atoms with Gasteiger partial charge >= 0.3 is 0 Å². The summed E-state index contributed by atoms with van der Waals surface area (Å²) in [5, 5.41) is 9.65. The fourth-order valence-corrected chi connectivity index (χ4v) is 3.51. The summed E-state index contributed by atoms with van der Waals surface area (Å²) in [5.74, 6) is 0.983. The zero-order valence-electron chi connectivity index (χ0n) is 14.4. The highest BCUT2D eigenvalue weighted by Gasteiger charge is 2.35. The maximum atomic E-state index is 13.1. The lowest BCUT2D eigenvalue weighted by Crippen LogP contribution is -2.32. The summed E-state index contributed by atoms with van der Waals surface area (Å²) in [6.07, 6.45) is 0. The number of rotatable bonds is 2. The second-order valence-corrected chi connectivity index (χ2v) is 6.15. The van der Waals surface area contributed by atoms with Crippen LogP contribution in [0.25, 0.3) is 0 Å². The van der Waals surface area contributed by atoms with E-state index in [0.29, 0.717) is 29.4 Å². The molecule has 0 saturated heterocycles. The molecule has 26 heavy (non-hydrogen) atoms. The van der Waals surface area contributed by atoms with Gasteiger partial charge in [0.25, 0.3) is 5.56 Å². The lowest BCUT2D eigenvalue weighted by Gasteiger charge is -2.27. The number of allylic oxidation sites excluding steroid dienone is 1. The molecule has 0 unspecified atom stereocenters. The molecule has 7 nitrogen and oxygen atoms in total. The average Bonchev–Trinajstić information content (AvgIpc) is 3.08. The van der Waals surface area contributed by atoms with Gasteiger partial charge in [0, 0.05) is 18.3 Å². The number of fused-ring (bicyclic) bond motifs is 2. The van der Waals surface area contributed by atoms with Crippen molar-refractivity contribution in [3.05, 3.63) is 62.9 Å². The van der Waals surface area contributed by atoms with Gasteiger partial charge in [-0.2, -0.15) is 5.26 Å². The highest BCUT2D eigenvalue weighted by atomic mass is 16.7. The fourth-order valence-electron chi connectivity index (χ4n) is 3.51. The molecular weight excluding hydrogens is 334 g/mol. The molecule has 1 atom stereocenters. The van der Waals surface area contributed by atoms with Crippen LogP contribution in [-0.4, -0.2) is 11.4 Å². The van der Waals surface area contributed by atoms with E-state index < -0.39 is 5.92 Å². The van der Waals surface area contributed by atoms with Crippen molar-refractivity contribution >= 4 is 0 Å². The zero-order valence-corrected chi connectivity index (χ0v) is 14.4. The third-order valence-electron chi connectivity index (χ3n) is 4.74. The van der Waals surface area contributed by atoms with E-state index in [1.54, 1.807) is 22.8 Å². The first kappa shape index (κ1) is 16.1. The minimum absolute atomic E-state index is 0.00992. The van der Waals surface area contributed by atoms with Gasteiger partial charge in [0.15, 0.2) is 11.5 Å². The molecule has 7 heteroatoms. The number of aryl methyl sites for hydroxylation is 1. The second kappa shape index (κ2) is 5.85. The molecule has 0 saturated carbocycles. The number of pyridine rings is 1. The molecule has 4 rings (SSSR count). The smallest absolute Gasteiger partial charge is 0.258 e. The van der Waals surface area contributed by atoms with Crippen LogP contribution in [0, 0.1) is 18.3 Å². The number of benzene rings is 1. The maximum absolute atomic E-state index is 13.1. The Labute approximate surface area is 149 Å². The molecule has 0 spiro atoms. The first-order chi connectivity index (χ1) is 12.5. The normalized spacial score (nSPS) is 17.5. The van der Waals surface area contributed by atoms with Gasteiger partial charge in [0.05, 0.1) is 11.5 Å². The SMILES string of the molecule is CCn1c(C)cc2c(c1=O)[C@@H](c1ccc3c(c1)OCO3)C(C#N)=C(N)O2. The molecule has 3 heterocycles. The Hall–Kier alpha value is -3.40. The summed E-state index contributed by atoms with van der Waals surface area (Å²) in [6.45, 7) is 4.40. The predicted octanol–water partition coefficient (Wildman–Crippen LogP) is 2.12. The number of nitriles is 1. The summed E-state index contributed by atoms with van der Waals surface area (Å²) in [6, 6.07) is 9.24. The van der Waals surface area contributed by atoms with Gasteiger partial charge in [-0.05, 0) is 31.5 Å². The molecule has 2 aliphatic rings. The number of hydrogen-bond donors (Lipinski definition) is 1. The van der Waals surface area contributed by atoms with E-state index in [1.807, 2.05) is 19.9 Å². The van der Waals surface area contributed by atoms with Crippen LogP contribution >= 0.6 is 0 Å². The van der Waals surface area contributed by atoms with Gasteiger partial charge in [-0.25, -0.2) is 0 Å². The molecule has 0 radical (unpaired) electrons. The number of nitrogens with two attached hydrogens (primary N) is 1. The summed E-state index contributed by atoms with van der Waals surface area (Å²) < 4.78 is 18.0. The van der Waals surface area contributed by atoms with Crippen LogP contribution in [0.2, 0.25) is 0 Å². The fraction of sp³-hybridized carbons (Fsp3) is 0.263. The molecule has 0 fully saturated rings. The Morgan fingerprint density at radius 2 is 2.04 bits per heavy atom. The third kappa shape index (κ3) is 2.23. The molecule has 2 N–H and O–H groups in total. The van der Waals surface area contributed by atoms with Crippen LogP contribution in [0.5, 0.6) is 17.2 Å². The summed E-state index contributed by atoms with van der Waals surface area (Å²) >= 11 is 0. The van der Waals surface area contributed by atoms with E-state index in [9.17, 15) is 10.1 Å². The molecule has 0 aliphatic carbocycles. The summed E-state index contributed by atoms with van der Waals surface area (Å²) in [7, 11) is 0. The molecule has 1 aromatic carbocycles. The minimum Gasteiger partial charge on any atom is -0.454 e. The number of aromatic nitrogens is 1. The van der Waals surface area contributed by atoms with Crippen LogP contribution in [0.3, 0.4) is 0 Å². The van der Waals surface area contributed by atoms with E-state index in [4.69, 9.17) is 19.9 Å². The average molecular weight is 351 g/mol. The molecule has 132 valence electrons. The molecule has 0 bridgehead atoms. The molecule has 0 amide bonds. The summed E-state index contributed by atoms with van der Waals surface area (Å²) in [5.41, 5.74) is 7.91. The Morgan fingerprint density at radius 3 is 2.77 bits per heavy atom. The quantitative estimate of drug-likeness (QED) is 0.890. The molecule has 2 aromatic rings. The van der Waals surface area contributed by atoms with Gasteiger partial charge in [0.2, 0.25) is 12.7 Å². The molecule has 1 aromatic heterocycles. The minimum atomic E-state index is -0.621. The van der Waals surface area contributed by atoms with Crippen molar-refractivity contribution in [3.63, 3.8) is 0 Å². The Balaban J connectivity index is 1.99. The van der Waals surface area contributed by atoms with E-state index in [0.717, 1.165) is 11.3 Å². The van der Waals surface area contributed by atoms with E-state index in [1.165, 1.54) is 0 Å². The number of nitrogens with zero attached hydrogens (tertiary/aromatic N) is 2. The van der Waals surface area contributed by atoms with Crippen LogP contribution < -0.4 is 25.5 Å². The van der Waals surface area contributed by atoms with Crippen molar-refractivity contribution < 1.29 is 14.2 Å². The number of ether oxygens (including phenoxy) is 3. The zero-order chi connectivity index (χ0) is 18.4. The van der Waals surface area contributed by atoms with E-state index in [2.05, 4.69) is 6.07 Å². The van der Waals surface area contributed by atoms with Gasteiger partial charge in [-0.3, -0.25) is 4.79 Å². The van der Waals surface area contributed by atoms with Crippen LogP contribution in [-0.2, 0) is 6.54 Å². The third-order valence-corrected chi connectivity index (χ3v) is 4.74. The van der Waals surface area contributed by atoms with Gasteiger partial charge in [-0.1, -0.05) is 6.07 Å². The molecular formula is C19H17N3O4. The maximum Gasteiger partial charge on any atom is 0.258 e. The van der Waals surface area contributed by atoms with E-state index in [-0.39, 0.29) is 23.8 Å². The highest BCUT2D eigenvalue weighted by Crippen LogP contribution is 2.43. The number of hydrogen-bond acceptors (Lipinski definition) is 6. The molecule has 2 aliphatic heterocycles. The second-order valence-electron chi connectivity index (χ2n) is 6.15. The van der Waals surface area contributed by atoms with Crippen molar-refractivity contribution in [3.8, 4) is 23.3 Å². The topological polar surface area (TPSA) is 99.5 Å². The lowest BCUT2D eigenvalue weighted by atomic mass is 9.84. The summed E-state index contributed by atoms with van der Waals surface area (Å²) in [4.78, 5) is 13.1. The Bertz CT molecular complexity index is 1050. The largest absolute Gasteiger partial charge is 0.454 e. The first-order valence-corrected chi connectivity index (χ1v) is 8.26. The van der Waals surface area contributed by atoms with Gasteiger partial charge < -0.3 is 24.5 Å². The Morgan fingerprint density at radius 1 is 1.27 bits per heavy atom. The van der Waals surface area contributed by atoms with Gasteiger partial charge in [-0.15, -0.1) is 0 Å². The van der Waals surface area contributed by atoms with Crippen LogP contribution in [0.1, 0.15) is 29.7 Å². The lowest BCUT2D eigenvalue weighted by molar-refractivity contribution is 0.174. The van der Waals surface area contributed by atoms with Crippen LogP contribution in [0.4, 0.5) is 0 Å². The van der Waals surface area contributed by atoms with Crippen LogP contribution in [0.15, 0.2) is 40.5 Å². The van der Waals surface area contributed by atoms with Crippen molar-refractivity contribution in [2.45, 2.75) is 26.3 Å². The van der Waals surface area contributed by atoms with E-state index >= 15 is 0 Å². The standard InChI is InChI=1S/C19H17N3O4/c1-3-22-10(2)6-15-17(19(22)23)16(12(8-20)18(21)26-15)11-4-5-13-14(7-11)25-9-24-13/h4-7,16H,3,9,21H2,1-2H3/t16-/m0/s1. The van der Waals surface area contributed by atoms with Crippen molar-refractivity contribution in [2.24, 2.45) is 5.73 Å². The first-order valence-electron chi connectivity index (χ1n) is 8.26.